The van der Waals surface area contributed by atoms with E-state index in [1.807, 2.05) is 4.90 Å². The molecule has 2 atom stereocenters. The number of carbonyl (C=O) groups is 2. The monoisotopic (exact) mass is 347 g/mol. The summed E-state index contributed by atoms with van der Waals surface area (Å²) >= 11 is 0. The number of fused-ring (bicyclic) bond motifs is 1. The first-order valence-corrected chi connectivity index (χ1v) is 10.5. The van der Waals surface area contributed by atoms with E-state index in [0.29, 0.717) is 30.1 Å². The van der Waals surface area contributed by atoms with Gasteiger partial charge in [-0.3, -0.25) is 9.59 Å². The van der Waals surface area contributed by atoms with Crippen LogP contribution in [0.5, 0.6) is 0 Å². The highest BCUT2D eigenvalue weighted by Crippen LogP contribution is 2.45. The van der Waals surface area contributed by atoms with Gasteiger partial charge in [-0.25, -0.2) is 0 Å². The number of rotatable bonds is 3. The Morgan fingerprint density at radius 3 is 2.44 bits per heavy atom. The van der Waals surface area contributed by atoms with E-state index in [9.17, 15) is 9.59 Å². The van der Waals surface area contributed by atoms with Crippen molar-refractivity contribution in [2.24, 2.45) is 17.3 Å². The fraction of sp³-hybridized carbons (Fsp3) is 0.900. The van der Waals surface area contributed by atoms with Gasteiger partial charge < -0.3 is 15.1 Å². The molecule has 4 fully saturated rings. The van der Waals surface area contributed by atoms with Crippen molar-refractivity contribution in [2.45, 2.75) is 57.8 Å². The summed E-state index contributed by atoms with van der Waals surface area (Å²) in [5.41, 5.74) is -0.115. The zero-order chi connectivity index (χ0) is 17.3. The third-order valence-electron chi connectivity index (χ3n) is 7.29. The summed E-state index contributed by atoms with van der Waals surface area (Å²) in [6, 6.07) is 0. The van der Waals surface area contributed by atoms with Crippen molar-refractivity contribution in [3.05, 3.63) is 0 Å². The van der Waals surface area contributed by atoms with Crippen LogP contribution in [0.4, 0.5) is 0 Å². The maximum Gasteiger partial charge on any atom is 0.230 e. The van der Waals surface area contributed by atoms with Crippen molar-refractivity contribution in [1.29, 1.82) is 0 Å². The second-order valence-electron chi connectivity index (χ2n) is 8.76. The first-order valence-electron chi connectivity index (χ1n) is 10.5. The van der Waals surface area contributed by atoms with Crippen molar-refractivity contribution in [1.82, 2.24) is 15.1 Å². The maximum absolute atomic E-state index is 13.3. The first kappa shape index (κ1) is 17.3. The molecular formula is C20H33N3O2. The zero-order valence-corrected chi connectivity index (χ0v) is 15.5. The number of amides is 2. The standard InChI is InChI=1S/C20H33N3O2/c24-18(22-9-3-4-10-22)13-16-6-11-23(12-7-16)19(25)20-8-2-1-5-17(20)14-21-15-20/h16-17,21H,1-15H2/t17-,20+/m0/s1. The molecule has 1 N–H and O–H groups in total. The number of nitrogens with one attached hydrogen (secondary N) is 1. The van der Waals surface area contributed by atoms with E-state index >= 15 is 0 Å². The van der Waals surface area contributed by atoms with Crippen molar-refractivity contribution >= 4 is 11.8 Å². The summed E-state index contributed by atoms with van der Waals surface area (Å²) in [7, 11) is 0. The van der Waals surface area contributed by atoms with Gasteiger partial charge >= 0.3 is 0 Å². The molecule has 0 radical (unpaired) electrons. The Labute approximate surface area is 151 Å². The van der Waals surface area contributed by atoms with Crippen LogP contribution >= 0.6 is 0 Å². The highest BCUT2D eigenvalue weighted by molar-refractivity contribution is 5.84. The van der Waals surface area contributed by atoms with Crippen LogP contribution in [-0.4, -0.2) is 60.9 Å². The second-order valence-corrected chi connectivity index (χ2v) is 8.76. The molecule has 4 aliphatic rings. The lowest BCUT2D eigenvalue weighted by molar-refractivity contribution is -0.147. The van der Waals surface area contributed by atoms with Crippen LogP contribution in [0.1, 0.15) is 57.8 Å². The molecule has 0 aromatic rings. The van der Waals surface area contributed by atoms with Gasteiger partial charge in [0.1, 0.15) is 0 Å². The Balaban J connectivity index is 1.31. The van der Waals surface area contributed by atoms with Gasteiger partial charge in [0.15, 0.2) is 0 Å². The van der Waals surface area contributed by atoms with E-state index in [-0.39, 0.29) is 5.41 Å². The second kappa shape index (κ2) is 7.26. The fourth-order valence-electron chi connectivity index (χ4n) is 5.67. The summed E-state index contributed by atoms with van der Waals surface area (Å²) in [6.45, 7) is 5.51. The molecule has 0 bridgehead atoms. The van der Waals surface area contributed by atoms with E-state index in [4.69, 9.17) is 0 Å². The largest absolute Gasteiger partial charge is 0.343 e. The van der Waals surface area contributed by atoms with Gasteiger partial charge in [0.2, 0.25) is 11.8 Å². The van der Waals surface area contributed by atoms with Crippen LogP contribution < -0.4 is 5.32 Å². The zero-order valence-electron chi connectivity index (χ0n) is 15.5. The Morgan fingerprint density at radius 1 is 0.920 bits per heavy atom. The smallest absolute Gasteiger partial charge is 0.230 e. The third kappa shape index (κ3) is 3.32. The van der Waals surface area contributed by atoms with E-state index in [2.05, 4.69) is 10.2 Å². The number of likely N-dealkylation sites (tertiary alicyclic amines) is 2. The van der Waals surface area contributed by atoms with Crippen LogP contribution in [0.2, 0.25) is 0 Å². The minimum absolute atomic E-state index is 0.115. The summed E-state index contributed by atoms with van der Waals surface area (Å²) < 4.78 is 0. The quantitative estimate of drug-likeness (QED) is 0.850. The minimum Gasteiger partial charge on any atom is -0.343 e. The van der Waals surface area contributed by atoms with Crippen LogP contribution in [0.15, 0.2) is 0 Å². The Kier molecular flexibility index (Phi) is 5.03. The van der Waals surface area contributed by atoms with Crippen molar-refractivity contribution in [3.8, 4) is 0 Å². The normalized spacial score (nSPS) is 33.5. The summed E-state index contributed by atoms with van der Waals surface area (Å²) in [5, 5.41) is 3.49. The van der Waals surface area contributed by atoms with Gasteiger partial charge in [0.25, 0.3) is 0 Å². The van der Waals surface area contributed by atoms with E-state index in [1.54, 1.807) is 0 Å². The van der Waals surface area contributed by atoms with Gasteiger partial charge in [0, 0.05) is 39.1 Å². The molecule has 3 saturated heterocycles. The van der Waals surface area contributed by atoms with Gasteiger partial charge in [-0.15, -0.1) is 0 Å². The molecule has 1 aliphatic carbocycles. The number of carbonyl (C=O) groups excluding carboxylic acids is 2. The predicted octanol–water partition coefficient (Wildman–Crippen LogP) is 2.02. The SMILES string of the molecule is O=C(CC1CCN(C(=O)[C@@]23CCCC[C@H]2CNC3)CC1)N1CCCC1. The number of hydrogen-bond acceptors (Lipinski definition) is 3. The average Bonchev–Trinajstić information content (AvgIpc) is 3.32. The van der Waals surface area contributed by atoms with Crippen molar-refractivity contribution in [3.63, 3.8) is 0 Å². The molecule has 140 valence electrons. The van der Waals surface area contributed by atoms with Crippen molar-refractivity contribution in [2.75, 3.05) is 39.3 Å². The highest BCUT2D eigenvalue weighted by Gasteiger charge is 2.51. The van der Waals surface area contributed by atoms with Crippen LogP contribution in [0.3, 0.4) is 0 Å². The topological polar surface area (TPSA) is 52.7 Å². The predicted molar refractivity (Wildman–Crippen MR) is 97.0 cm³/mol. The number of nitrogens with zero attached hydrogens (tertiary/aromatic N) is 2. The summed E-state index contributed by atoms with van der Waals surface area (Å²) in [6.07, 6.45) is 9.77. The van der Waals surface area contributed by atoms with E-state index < -0.39 is 0 Å². The van der Waals surface area contributed by atoms with Gasteiger partial charge in [-0.2, -0.15) is 0 Å². The molecule has 0 unspecified atom stereocenters. The summed E-state index contributed by atoms with van der Waals surface area (Å²) in [5.74, 6) is 1.77. The molecule has 0 aromatic heterocycles. The lowest BCUT2D eigenvalue weighted by atomic mass is 9.67. The van der Waals surface area contributed by atoms with Gasteiger partial charge in [-0.05, 0) is 56.9 Å². The number of piperidine rings is 1. The molecule has 3 heterocycles. The Hall–Kier alpha value is -1.10. The molecule has 5 heteroatoms. The van der Waals surface area contributed by atoms with Crippen LogP contribution in [-0.2, 0) is 9.59 Å². The maximum atomic E-state index is 13.3. The Morgan fingerprint density at radius 2 is 1.68 bits per heavy atom. The first-order chi connectivity index (χ1) is 12.2. The van der Waals surface area contributed by atoms with Gasteiger partial charge in [0.05, 0.1) is 5.41 Å². The average molecular weight is 348 g/mol. The molecule has 2 amide bonds. The molecule has 4 rings (SSSR count). The number of hydrogen-bond donors (Lipinski definition) is 1. The van der Waals surface area contributed by atoms with Crippen LogP contribution in [0, 0.1) is 17.3 Å². The minimum atomic E-state index is -0.115. The third-order valence-corrected chi connectivity index (χ3v) is 7.29. The lowest BCUT2D eigenvalue weighted by Gasteiger charge is -2.43. The molecule has 1 saturated carbocycles. The van der Waals surface area contributed by atoms with Crippen LogP contribution in [0.25, 0.3) is 0 Å². The molecule has 5 nitrogen and oxygen atoms in total. The molecule has 0 aromatic carbocycles. The summed E-state index contributed by atoms with van der Waals surface area (Å²) in [4.78, 5) is 29.8. The van der Waals surface area contributed by atoms with Gasteiger partial charge in [-0.1, -0.05) is 12.8 Å². The highest BCUT2D eigenvalue weighted by atomic mass is 16.2. The Bertz CT molecular complexity index is 509. The molecule has 3 aliphatic heterocycles. The lowest BCUT2D eigenvalue weighted by Crippen LogP contribution is -2.52. The van der Waals surface area contributed by atoms with E-state index in [1.165, 1.54) is 19.3 Å². The molecule has 0 spiro atoms. The fourth-order valence-corrected chi connectivity index (χ4v) is 5.67. The van der Waals surface area contributed by atoms with Crippen molar-refractivity contribution < 1.29 is 9.59 Å². The molecular weight excluding hydrogens is 314 g/mol. The van der Waals surface area contributed by atoms with E-state index in [0.717, 1.165) is 71.4 Å². The molecule has 25 heavy (non-hydrogen) atoms.